The van der Waals surface area contributed by atoms with Gasteiger partial charge >= 0.3 is 0 Å². The molecule has 0 saturated heterocycles. The summed E-state index contributed by atoms with van der Waals surface area (Å²) in [6, 6.07) is 40.0. The zero-order valence-corrected chi connectivity index (χ0v) is 36.8. The van der Waals surface area contributed by atoms with Gasteiger partial charge in [0.2, 0.25) is 0 Å². The third-order valence-electron chi connectivity index (χ3n) is 15.4. The van der Waals surface area contributed by atoms with E-state index in [-0.39, 0.29) is 28.4 Å². The fourth-order valence-corrected chi connectivity index (χ4v) is 13.3. The summed E-state index contributed by atoms with van der Waals surface area (Å²) in [5, 5.41) is 5.09. The highest BCUT2D eigenvalue weighted by atomic mass is 32.1. The summed E-state index contributed by atoms with van der Waals surface area (Å²) in [6.45, 7) is 22.1. The molecule has 0 unspecified atom stereocenters. The maximum absolute atomic E-state index is 6.73. The molecule has 0 radical (unpaired) electrons. The van der Waals surface area contributed by atoms with Crippen LogP contribution in [0.1, 0.15) is 109 Å². The number of furan rings is 1. The number of rotatable bonds is 2. The van der Waals surface area contributed by atoms with Crippen molar-refractivity contribution in [3.05, 3.63) is 131 Å². The maximum Gasteiger partial charge on any atom is 0.260 e. The number of nitrogens with zero attached hydrogens (tertiary/aromatic N) is 1. The first-order valence-corrected chi connectivity index (χ1v) is 22.7. The Morgan fingerprint density at radius 3 is 1.93 bits per heavy atom. The lowest BCUT2D eigenvalue weighted by Gasteiger charge is -2.46. The van der Waals surface area contributed by atoms with Crippen molar-refractivity contribution in [3.8, 4) is 21.6 Å². The van der Waals surface area contributed by atoms with E-state index in [0.29, 0.717) is 0 Å². The van der Waals surface area contributed by atoms with Crippen molar-refractivity contribution >= 4 is 83.5 Å². The highest BCUT2D eigenvalue weighted by Gasteiger charge is 2.47. The van der Waals surface area contributed by atoms with Crippen LogP contribution in [0.5, 0.6) is 0 Å². The summed E-state index contributed by atoms with van der Waals surface area (Å²) in [5.41, 5.74) is 20.5. The van der Waals surface area contributed by atoms with Crippen molar-refractivity contribution in [2.24, 2.45) is 0 Å². The summed E-state index contributed by atoms with van der Waals surface area (Å²) in [5.74, 6) is 0. The minimum atomic E-state index is 0.0826. The molecule has 59 heavy (non-hydrogen) atoms. The fourth-order valence-electron chi connectivity index (χ4n) is 11.9. The Balaban J connectivity index is 1.18. The van der Waals surface area contributed by atoms with Crippen molar-refractivity contribution < 1.29 is 4.42 Å². The molecule has 4 aliphatic rings. The molecular weight excluding hydrogens is 733 g/mol. The van der Waals surface area contributed by atoms with Crippen LogP contribution in [0.4, 0.5) is 17.1 Å². The van der Waals surface area contributed by atoms with Gasteiger partial charge in [-0.2, -0.15) is 0 Å². The van der Waals surface area contributed by atoms with Gasteiger partial charge < -0.3 is 9.32 Å². The molecule has 0 amide bonds. The highest BCUT2D eigenvalue weighted by Crippen LogP contribution is 2.53. The van der Waals surface area contributed by atoms with Crippen LogP contribution in [0.2, 0.25) is 0 Å². The maximum atomic E-state index is 6.73. The van der Waals surface area contributed by atoms with Crippen molar-refractivity contribution in [2.45, 2.75) is 110 Å². The molecule has 2 aliphatic heterocycles. The van der Waals surface area contributed by atoms with Crippen molar-refractivity contribution in [1.82, 2.24) is 0 Å². The zero-order chi connectivity index (χ0) is 40.5. The van der Waals surface area contributed by atoms with Crippen LogP contribution >= 0.6 is 11.3 Å². The summed E-state index contributed by atoms with van der Waals surface area (Å²) in [7, 11) is 0. The topological polar surface area (TPSA) is 16.4 Å². The van der Waals surface area contributed by atoms with Crippen LogP contribution in [-0.2, 0) is 21.7 Å². The zero-order valence-electron chi connectivity index (χ0n) is 36.0. The van der Waals surface area contributed by atoms with Gasteiger partial charge in [-0.3, -0.25) is 0 Å². The summed E-state index contributed by atoms with van der Waals surface area (Å²) in [4.78, 5) is 3.98. The molecule has 0 saturated carbocycles. The van der Waals surface area contributed by atoms with Crippen molar-refractivity contribution in [3.63, 3.8) is 0 Å². The number of hydrogen-bond acceptors (Lipinski definition) is 3. The Kier molecular flexibility index (Phi) is 7.05. The molecule has 4 heteroatoms. The minimum Gasteiger partial charge on any atom is -0.455 e. The molecule has 0 atom stereocenters. The average Bonchev–Trinajstić information content (AvgIpc) is 3.79. The van der Waals surface area contributed by atoms with E-state index in [9.17, 15) is 0 Å². The second-order valence-corrected chi connectivity index (χ2v) is 22.1. The molecule has 2 aliphatic carbocycles. The Morgan fingerprint density at radius 2 is 1.19 bits per heavy atom. The molecule has 12 rings (SSSR count). The number of anilines is 3. The number of benzene rings is 6. The van der Waals surface area contributed by atoms with Gasteiger partial charge in [0.05, 0.1) is 0 Å². The Bertz CT molecular complexity index is 3150. The van der Waals surface area contributed by atoms with Gasteiger partial charge in [-0.25, -0.2) is 0 Å². The number of hydrogen-bond donors (Lipinski definition) is 0. The van der Waals surface area contributed by atoms with E-state index < -0.39 is 0 Å². The first-order valence-electron chi connectivity index (χ1n) is 21.9. The van der Waals surface area contributed by atoms with E-state index >= 15 is 0 Å². The molecule has 4 heterocycles. The van der Waals surface area contributed by atoms with Gasteiger partial charge in [0.1, 0.15) is 11.2 Å². The summed E-state index contributed by atoms with van der Waals surface area (Å²) in [6.07, 6.45) is 4.78. The first kappa shape index (κ1) is 35.9. The van der Waals surface area contributed by atoms with Crippen LogP contribution in [0.15, 0.2) is 108 Å². The van der Waals surface area contributed by atoms with Crippen molar-refractivity contribution in [1.29, 1.82) is 0 Å². The summed E-state index contributed by atoms with van der Waals surface area (Å²) >= 11 is 2.00. The Morgan fingerprint density at radius 1 is 0.559 bits per heavy atom. The fraction of sp³-hybridized carbons (Fsp3) is 0.309. The van der Waals surface area contributed by atoms with E-state index in [0.717, 1.165) is 11.2 Å². The lowest BCUT2D eigenvalue weighted by Crippen LogP contribution is -2.59. The predicted octanol–water partition coefficient (Wildman–Crippen LogP) is 13.8. The molecule has 0 N–H and O–H groups in total. The van der Waals surface area contributed by atoms with E-state index in [2.05, 4.69) is 170 Å². The Hall–Kier alpha value is -5.06. The third kappa shape index (κ3) is 4.81. The van der Waals surface area contributed by atoms with E-state index in [4.69, 9.17) is 4.42 Å². The second-order valence-electron chi connectivity index (χ2n) is 21.0. The average molecular weight is 786 g/mol. The molecule has 2 aromatic heterocycles. The highest BCUT2D eigenvalue weighted by molar-refractivity contribution is 7.32. The largest absolute Gasteiger partial charge is 0.455 e. The summed E-state index contributed by atoms with van der Waals surface area (Å²) < 4.78 is 8.18. The van der Waals surface area contributed by atoms with Gasteiger partial charge in [0.15, 0.2) is 0 Å². The standard InChI is InChI=1S/C55H52BNOS/c1-31-26-38-34-15-12-17-36-47(34)51(59-50(36)37-18-13-16-35-33-14-10-11-19-46(33)58-49(35)37)56-43-29-41-42(55(8,9)25-24-54(41,6)7)30-44(43)57(45(27-31)48(38)56)32-20-21-39-40(28-32)53(4,5)23-22-52(39,2)3/h10-21,26-30H,22-25H2,1-9H3. The van der Waals surface area contributed by atoms with Crippen LogP contribution < -0.4 is 20.6 Å². The quantitative estimate of drug-likeness (QED) is 0.162. The number of para-hydroxylation sites is 2. The van der Waals surface area contributed by atoms with Gasteiger partial charge in [-0.15, -0.1) is 11.3 Å². The normalized spacial score (nSPS) is 18.8. The Labute approximate surface area is 353 Å². The molecule has 0 bridgehead atoms. The van der Waals surface area contributed by atoms with Crippen LogP contribution in [0, 0.1) is 6.92 Å². The van der Waals surface area contributed by atoms with Gasteiger partial charge in [0.25, 0.3) is 6.71 Å². The smallest absolute Gasteiger partial charge is 0.260 e. The SMILES string of the molecule is Cc1cc2c3c(c1)N(c1ccc4c(c1)C(C)(C)CCC4(C)C)c1cc4c(cc1B3c1sc(-c3cccc5c3oc3ccccc35)c3cccc-2c13)C(C)(C)CCC4(C)C. The lowest BCUT2D eigenvalue weighted by molar-refractivity contribution is 0.332. The van der Waals surface area contributed by atoms with E-state index in [1.807, 2.05) is 11.3 Å². The molecular formula is C55H52BNOS. The number of fused-ring (bicyclic) bond motifs is 9. The first-order chi connectivity index (χ1) is 28.1. The molecule has 292 valence electrons. The van der Waals surface area contributed by atoms with E-state index in [1.54, 1.807) is 0 Å². The van der Waals surface area contributed by atoms with Crippen LogP contribution in [0.3, 0.4) is 0 Å². The lowest BCUT2D eigenvalue weighted by atomic mass is 9.34. The van der Waals surface area contributed by atoms with Crippen LogP contribution in [0.25, 0.3) is 54.3 Å². The van der Waals surface area contributed by atoms with Crippen LogP contribution in [-0.4, -0.2) is 6.71 Å². The van der Waals surface area contributed by atoms with E-state index in [1.165, 1.54) is 129 Å². The molecule has 2 nitrogen and oxygen atoms in total. The molecule has 0 spiro atoms. The van der Waals surface area contributed by atoms with Crippen molar-refractivity contribution in [2.75, 3.05) is 4.90 Å². The molecule has 0 fully saturated rings. The molecule has 6 aromatic carbocycles. The predicted molar refractivity (Wildman–Crippen MR) is 255 cm³/mol. The monoisotopic (exact) mass is 785 g/mol. The van der Waals surface area contributed by atoms with Gasteiger partial charge in [-0.05, 0) is 151 Å². The number of aryl methyl sites for hydroxylation is 1. The van der Waals surface area contributed by atoms with Gasteiger partial charge in [0, 0.05) is 43.7 Å². The third-order valence-corrected chi connectivity index (χ3v) is 16.8. The number of thiophene rings is 1. The minimum absolute atomic E-state index is 0.0826. The van der Waals surface area contributed by atoms with Gasteiger partial charge in [-0.1, -0.05) is 122 Å². The molecule has 8 aromatic rings. The second kappa shape index (κ2) is 11.6.